The number of amides is 2. The maximum atomic E-state index is 12.2. The predicted molar refractivity (Wildman–Crippen MR) is 93.9 cm³/mol. The average molecular weight is 388 g/mol. The monoisotopic (exact) mass is 388 g/mol. The van der Waals surface area contributed by atoms with Crippen molar-refractivity contribution in [1.29, 1.82) is 0 Å². The summed E-state index contributed by atoms with van der Waals surface area (Å²) in [4.78, 5) is 22.6. The van der Waals surface area contributed by atoms with Gasteiger partial charge in [0, 0.05) is 11.5 Å². The molecule has 9 nitrogen and oxygen atoms in total. The Hall–Kier alpha value is -0.290. The van der Waals surface area contributed by atoms with Gasteiger partial charge in [0.05, 0.1) is 25.3 Å². The first-order chi connectivity index (χ1) is 10.8. The van der Waals surface area contributed by atoms with Gasteiger partial charge in [-0.25, -0.2) is 0 Å². The predicted octanol–water partition coefficient (Wildman–Crippen LogP) is -0.152. The van der Waals surface area contributed by atoms with Gasteiger partial charge < -0.3 is 31.6 Å². The van der Waals surface area contributed by atoms with E-state index in [9.17, 15) is 14.2 Å². The number of nitrogens with two attached hydrogens (primary N) is 3. The topological polar surface area (TPSA) is 160 Å². The van der Waals surface area contributed by atoms with Crippen LogP contribution in [0.1, 0.15) is 13.8 Å². The summed E-state index contributed by atoms with van der Waals surface area (Å²) >= 11 is 0. The van der Waals surface area contributed by atoms with Crippen molar-refractivity contribution < 1.29 is 23.2 Å². The van der Waals surface area contributed by atoms with Gasteiger partial charge in [-0.15, -0.1) is 0 Å². The molecular formula is C11H25N4O5PS2. The van der Waals surface area contributed by atoms with E-state index in [2.05, 4.69) is 5.32 Å². The highest BCUT2D eigenvalue weighted by atomic mass is 33.1. The van der Waals surface area contributed by atoms with Crippen LogP contribution in [0.15, 0.2) is 0 Å². The van der Waals surface area contributed by atoms with Crippen LogP contribution in [-0.4, -0.2) is 54.9 Å². The minimum atomic E-state index is -3.34. The molecule has 23 heavy (non-hydrogen) atoms. The molecule has 2 amide bonds. The Morgan fingerprint density at radius 3 is 2.00 bits per heavy atom. The lowest BCUT2D eigenvalue weighted by Gasteiger charge is -2.18. The number of nitrogens with one attached hydrogen (secondary N) is 1. The zero-order valence-electron chi connectivity index (χ0n) is 13.2. The lowest BCUT2D eigenvalue weighted by atomic mass is 10.3. The van der Waals surface area contributed by atoms with Crippen LogP contribution < -0.4 is 22.5 Å². The highest BCUT2D eigenvalue weighted by Crippen LogP contribution is 2.46. The SMILES string of the molecule is CCOP(=O)(CNC(=O)[C@@H](N)CSSCC(N)C(N)=O)OCC. The number of rotatable bonds is 13. The van der Waals surface area contributed by atoms with Crippen LogP contribution in [-0.2, 0) is 23.2 Å². The third-order valence-corrected chi connectivity index (χ3v) is 6.70. The smallest absolute Gasteiger partial charge is 0.349 e. The number of carbonyl (C=O) groups excluding carboxylic acids is 2. The van der Waals surface area contributed by atoms with E-state index in [4.69, 9.17) is 26.2 Å². The second-order valence-electron chi connectivity index (χ2n) is 4.33. The van der Waals surface area contributed by atoms with E-state index >= 15 is 0 Å². The van der Waals surface area contributed by atoms with E-state index in [-0.39, 0.29) is 19.5 Å². The van der Waals surface area contributed by atoms with Crippen molar-refractivity contribution >= 4 is 41.0 Å². The molecule has 0 aromatic carbocycles. The Morgan fingerprint density at radius 1 is 1.09 bits per heavy atom. The fourth-order valence-electron chi connectivity index (χ4n) is 1.23. The molecule has 12 heteroatoms. The molecule has 1 unspecified atom stereocenters. The molecule has 0 aliphatic rings. The summed E-state index contributed by atoms with van der Waals surface area (Å²) in [7, 11) is -0.733. The van der Waals surface area contributed by atoms with Gasteiger partial charge >= 0.3 is 7.60 Å². The fraction of sp³-hybridized carbons (Fsp3) is 0.818. The van der Waals surface area contributed by atoms with Gasteiger partial charge in [-0.1, -0.05) is 21.6 Å². The Balaban J connectivity index is 4.10. The van der Waals surface area contributed by atoms with E-state index < -0.39 is 31.5 Å². The van der Waals surface area contributed by atoms with Gasteiger partial charge in [0.25, 0.3) is 0 Å². The van der Waals surface area contributed by atoms with E-state index in [1.54, 1.807) is 13.8 Å². The maximum absolute atomic E-state index is 12.2. The Morgan fingerprint density at radius 2 is 1.57 bits per heavy atom. The molecule has 0 aliphatic carbocycles. The van der Waals surface area contributed by atoms with Gasteiger partial charge in [0.2, 0.25) is 11.8 Å². The van der Waals surface area contributed by atoms with Crippen molar-refractivity contribution in [1.82, 2.24) is 5.32 Å². The molecule has 0 bridgehead atoms. The Bertz CT molecular complexity index is 419. The molecule has 0 fully saturated rings. The zero-order chi connectivity index (χ0) is 17.9. The lowest BCUT2D eigenvalue weighted by molar-refractivity contribution is -0.121. The van der Waals surface area contributed by atoms with Crippen molar-refractivity contribution in [2.24, 2.45) is 17.2 Å². The van der Waals surface area contributed by atoms with Gasteiger partial charge in [-0.05, 0) is 13.8 Å². The van der Waals surface area contributed by atoms with Crippen LogP contribution in [0.5, 0.6) is 0 Å². The van der Waals surface area contributed by atoms with Crippen molar-refractivity contribution in [3.05, 3.63) is 0 Å². The first kappa shape index (κ1) is 22.7. The van der Waals surface area contributed by atoms with E-state index in [0.29, 0.717) is 11.5 Å². The van der Waals surface area contributed by atoms with Crippen molar-refractivity contribution in [3.63, 3.8) is 0 Å². The number of hydrogen-bond acceptors (Lipinski definition) is 9. The molecule has 0 aromatic rings. The third kappa shape index (κ3) is 10.2. The van der Waals surface area contributed by atoms with Crippen molar-refractivity contribution in [3.8, 4) is 0 Å². The minimum Gasteiger partial charge on any atom is -0.368 e. The van der Waals surface area contributed by atoms with Gasteiger partial charge in [0.15, 0.2) is 0 Å². The third-order valence-electron chi connectivity index (χ3n) is 2.38. The molecular weight excluding hydrogens is 363 g/mol. The van der Waals surface area contributed by atoms with Gasteiger partial charge in [-0.3, -0.25) is 14.2 Å². The van der Waals surface area contributed by atoms with Crippen LogP contribution in [0.4, 0.5) is 0 Å². The molecule has 136 valence electrons. The second-order valence-corrected chi connectivity index (χ2v) is 8.94. The quantitative estimate of drug-likeness (QED) is 0.191. The first-order valence-corrected chi connectivity index (χ1v) is 11.2. The zero-order valence-corrected chi connectivity index (χ0v) is 15.8. The molecule has 0 rings (SSSR count). The summed E-state index contributed by atoms with van der Waals surface area (Å²) in [6.45, 7) is 3.80. The van der Waals surface area contributed by atoms with E-state index in [0.717, 1.165) is 0 Å². The first-order valence-electron chi connectivity index (χ1n) is 6.96. The summed E-state index contributed by atoms with van der Waals surface area (Å²) in [5.41, 5.74) is 16.2. The van der Waals surface area contributed by atoms with E-state index in [1.807, 2.05) is 0 Å². The molecule has 0 saturated heterocycles. The summed E-state index contributed by atoms with van der Waals surface area (Å²) in [6, 6.07) is -1.53. The molecule has 0 radical (unpaired) electrons. The fourth-order valence-corrected chi connectivity index (χ4v) is 4.88. The number of hydrogen-bond donors (Lipinski definition) is 4. The Kier molecular flexibility index (Phi) is 12.0. The van der Waals surface area contributed by atoms with Gasteiger partial charge in [-0.2, -0.15) is 0 Å². The van der Waals surface area contributed by atoms with E-state index in [1.165, 1.54) is 21.6 Å². The molecule has 0 spiro atoms. The summed E-state index contributed by atoms with van der Waals surface area (Å²) in [5.74, 6) is -0.409. The Labute approximate surface area is 144 Å². The number of primary amides is 1. The van der Waals surface area contributed by atoms with Crippen LogP contribution in [0, 0.1) is 0 Å². The molecule has 2 atom stereocenters. The molecule has 7 N–H and O–H groups in total. The van der Waals surface area contributed by atoms with Crippen molar-refractivity contribution in [2.75, 3.05) is 31.0 Å². The number of carbonyl (C=O) groups is 2. The minimum absolute atomic E-state index is 0.214. The summed E-state index contributed by atoms with van der Waals surface area (Å²) in [6.07, 6.45) is -0.231. The molecule has 0 saturated carbocycles. The summed E-state index contributed by atoms with van der Waals surface area (Å²) in [5, 5.41) is 2.46. The van der Waals surface area contributed by atoms with Crippen LogP contribution in [0.3, 0.4) is 0 Å². The summed E-state index contributed by atoms with van der Waals surface area (Å²) < 4.78 is 22.3. The second kappa shape index (κ2) is 12.1. The highest BCUT2D eigenvalue weighted by Gasteiger charge is 2.25. The highest BCUT2D eigenvalue weighted by molar-refractivity contribution is 8.76. The van der Waals surface area contributed by atoms with Crippen LogP contribution >= 0.6 is 29.2 Å². The average Bonchev–Trinajstić information content (AvgIpc) is 2.49. The largest absolute Gasteiger partial charge is 0.368 e. The standard InChI is InChI=1S/C11H25N4O5PS2/c1-3-19-21(18,20-4-2)7-15-11(17)9(13)6-23-22-5-8(12)10(14)16/h8-9H,3-7,12-13H2,1-2H3,(H2,14,16)(H,15,17)/t8?,9-/m0/s1. The molecule has 0 aromatic heterocycles. The lowest BCUT2D eigenvalue weighted by Crippen LogP contribution is -2.42. The molecule has 0 heterocycles. The maximum Gasteiger partial charge on any atom is 0.349 e. The molecule has 0 aliphatic heterocycles. The van der Waals surface area contributed by atoms with Crippen molar-refractivity contribution in [2.45, 2.75) is 25.9 Å². The van der Waals surface area contributed by atoms with Crippen LogP contribution in [0.25, 0.3) is 0 Å². The van der Waals surface area contributed by atoms with Gasteiger partial charge in [0.1, 0.15) is 6.29 Å². The van der Waals surface area contributed by atoms with Crippen LogP contribution in [0.2, 0.25) is 0 Å². The normalized spacial score (nSPS) is 14.3.